The maximum Gasteiger partial charge on any atom is 0.312 e. The van der Waals surface area contributed by atoms with E-state index in [0.29, 0.717) is 0 Å². The first kappa shape index (κ1) is 17.5. The summed E-state index contributed by atoms with van der Waals surface area (Å²) in [7, 11) is 2.37. The molecular weight excluding hydrogens is 346 g/mol. The molecule has 10 heteroatoms. The maximum atomic E-state index is 12.5. The Balaban J connectivity index is 2.09. The monoisotopic (exact) mass is 361 g/mol. The average Bonchev–Trinajstić information content (AvgIpc) is 2.92. The van der Waals surface area contributed by atoms with Crippen molar-refractivity contribution in [1.82, 2.24) is 4.98 Å². The summed E-state index contributed by atoms with van der Waals surface area (Å²) < 4.78 is 9.60. The molecule has 136 valence electrons. The molecule has 10 nitrogen and oxygen atoms in total. The molecule has 0 N–H and O–H groups in total. The first-order chi connectivity index (χ1) is 12.4. The first-order valence-corrected chi connectivity index (χ1v) is 7.67. The predicted molar refractivity (Wildman–Crippen MR) is 86.1 cm³/mol. The Morgan fingerprint density at radius 2 is 1.85 bits per heavy atom. The minimum Gasteiger partial charge on any atom is -0.469 e. The van der Waals surface area contributed by atoms with Crippen molar-refractivity contribution in [2.45, 2.75) is 12.1 Å². The minimum atomic E-state index is -1.07. The third-order valence-corrected chi connectivity index (χ3v) is 4.62. The first-order valence-electron chi connectivity index (χ1n) is 7.67. The number of pyridine rings is 1. The fraction of sp³-hybridized carbons (Fsp3) is 0.375. The number of nitro groups is 1. The molecule has 0 aliphatic carbocycles. The maximum absolute atomic E-state index is 12.5. The topological polar surface area (TPSA) is 129 Å². The molecule has 0 radical (unpaired) electrons. The molecule has 2 aliphatic rings. The number of carbonyl (C=O) groups is 3. The standard InChI is InChI=1S/C16H15N3O7/c1-25-15(21)12-9-4-5-10(20)14(13(12)16(22)26-2)18(9)11-6-3-8(7-17-11)19(23)24/h3-7,9,12-14H,1-2H3/t9?,12-,13+,14?/m1/s1. The second-order valence-electron chi connectivity index (χ2n) is 5.83. The normalized spacial score (nSPS) is 26.5. The van der Waals surface area contributed by atoms with Gasteiger partial charge < -0.3 is 14.4 Å². The van der Waals surface area contributed by atoms with Gasteiger partial charge in [-0.15, -0.1) is 0 Å². The Bertz CT molecular complexity index is 805. The van der Waals surface area contributed by atoms with E-state index in [2.05, 4.69) is 4.98 Å². The minimum absolute atomic E-state index is 0.214. The summed E-state index contributed by atoms with van der Waals surface area (Å²) in [6.07, 6.45) is 3.88. The molecule has 2 aliphatic heterocycles. The smallest absolute Gasteiger partial charge is 0.312 e. The Labute approximate surface area is 147 Å². The zero-order chi connectivity index (χ0) is 19.0. The lowest BCUT2D eigenvalue weighted by molar-refractivity contribution is -0.385. The number of esters is 2. The van der Waals surface area contributed by atoms with Crippen LogP contribution in [0.25, 0.3) is 0 Å². The van der Waals surface area contributed by atoms with E-state index >= 15 is 0 Å². The SMILES string of the molecule is COC(=O)[C@@H]1C2C=CC(=O)C([C@H]1C(=O)OC)N2c1ccc([N+](=O)[O-])cn1. The Morgan fingerprint density at radius 3 is 2.38 bits per heavy atom. The number of hydrogen-bond donors (Lipinski definition) is 0. The Kier molecular flexibility index (Phi) is 4.41. The molecule has 1 saturated heterocycles. The summed E-state index contributed by atoms with van der Waals surface area (Å²) in [6, 6.07) is 0.947. The zero-order valence-electron chi connectivity index (χ0n) is 13.9. The number of hydrogen-bond acceptors (Lipinski definition) is 9. The number of nitrogens with zero attached hydrogens (tertiary/aromatic N) is 3. The van der Waals surface area contributed by atoms with E-state index in [1.54, 1.807) is 0 Å². The van der Waals surface area contributed by atoms with Crippen molar-refractivity contribution in [2.24, 2.45) is 11.8 Å². The molecule has 1 aromatic heterocycles. The number of fused-ring (bicyclic) bond motifs is 2. The van der Waals surface area contributed by atoms with Crippen LogP contribution in [0.1, 0.15) is 0 Å². The van der Waals surface area contributed by atoms with Gasteiger partial charge in [0.15, 0.2) is 5.78 Å². The van der Waals surface area contributed by atoms with Crippen molar-refractivity contribution >= 4 is 29.2 Å². The summed E-state index contributed by atoms with van der Waals surface area (Å²) in [4.78, 5) is 52.8. The molecule has 4 atom stereocenters. The van der Waals surface area contributed by atoms with Gasteiger partial charge in [-0.25, -0.2) is 4.98 Å². The third kappa shape index (κ3) is 2.59. The van der Waals surface area contributed by atoms with Gasteiger partial charge in [-0.1, -0.05) is 6.08 Å². The van der Waals surface area contributed by atoms with E-state index in [0.717, 1.165) is 6.20 Å². The number of aromatic nitrogens is 1. The van der Waals surface area contributed by atoms with E-state index in [4.69, 9.17) is 9.47 Å². The molecule has 2 unspecified atom stereocenters. The highest BCUT2D eigenvalue weighted by molar-refractivity contribution is 6.04. The quantitative estimate of drug-likeness (QED) is 0.421. The van der Waals surface area contributed by atoms with Gasteiger partial charge in [-0.05, 0) is 12.1 Å². The molecule has 0 saturated carbocycles. The van der Waals surface area contributed by atoms with Gasteiger partial charge in [0.2, 0.25) is 0 Å². The Morgan fingerprint density at radius 1 is 1.19 bits per heavy atom. The van der Waals surface area contributed by atoms with E-state index in [-0.39, 0.29) is 17.3 Å². The van der Waals surface area contributed by atoms with Gasteiger partial charge >= 0.3 is 11.9 Å². The van der Waals surface area contributed by atoms with E-state index in [1.807, 2.05) is 0 Å². The van der Waals surface area contributed by atoms with Crippen LogP contribution in [0.2, 0.25) is 0 Å². The number of ether oxygens (including phenoxy) is 2. The summed E-state index contributed by atoms with van der Waals surface area (Å²) in [6.45, 7) is 0. The van der Waals surface area contributed by atoms with Crippen LogP contribution >= 0.6 is 0 Å². The van der Waals surface area contributed by atoms with E-state index < -0.39 is 40.8 Å². The number of anilines is 1. The molecule has 1 aromatic rings. The van der Waals surface area contributed by atoms with Crippen LogP contribution in [-0.2, 0) is 23.9 Å². The molecule has 0 aromatic carbocycles. The van der Waals surface area contributed by atoms with E-state index in [1.165, 1.54) is 43.4 Å². The molecular formula is C16H15N3O7. The fourth-order valence-corrected chi connectivity index (χ4v) is 3.53. The second-order valence-corrected chi connectivity index (χ2v) is 5.83. The summed E-state index contributed by atoms with van der Waals surface area (Å²) >= 11 is 0. The van der Waals surface area contributed by atoms with Gasteiger partial charge in [-0.2, -0.15) is 0 Å². The lowest BCUT2D eigenvalue weighted by atomic mass is 9.87. The summed E-state index contributed by atoms with van der Waals surface area (Å²) in [5.41, 5.74) is -0.214. The van der Waals surface area contributed by atoms with Crippen LogP contribution < -0.4 is 4.90 Å². The molecule has 0 spiro atoms. The van der Waals surface area contributed by atoms with Crippen LogP contribution in [-0.4, -0.2) is 53.9 Å². The predicted octanol–water partition coefficient (Wildman–Crippen LogP) is 0.264. The highest BCUT2D eigenvalue weighted by atomic mass is 16.6. The van der Waals surface area contributed by atoms with Crippen LogP contribution in [0, 0.1) is 22.0 Å². The fourth-order valence-electron chi connectivity index (χ4n) is 3.53. The number of rotatable bonds is 4. The van der Waals surface area contributed by atoms with Crippen LogP contribution in [0.15, 0.2) is 30.5 Å². The molecule has 1 fully saturated rings. The Hall–Kier alpha value is -3.30. The largest absolute Gasteiger partial charge is 0.469 e. The summed E-state index contributed by atoms with van der Waals surface area (Å²) in [5, 5.41) is 10.8. The molecule has 3 rings (SSSR count). The van der Waals surface area contributed by atoms with Crippen molar-refractivity contribution in [1.29, 1.82) is 0 Å². The number of methoxy groups -OCH3 is 2. The van der Waals surface area contributed by atoms with Crippen molar-refractivity contribution in [3.05, 3.63) is 40.6 Å². The lowest BCUT2D eigenvalue weighted by Gasteiger charge is -2.32. The van der Waals surface area contributed by atoms with Gasteiger partial charge in [0.1, 0.15) is 24.0 Å². The van der Waals surface area contributed by atoms with Crippen LogP contribution in [0.4, 0.5) is 11.5 Å². The molecule has 0 amide bonds. The highest BCUT2D eigenvalue weighted by Crippen LogP contribution is 2.43. The van der Waals surface area contributed by atoms with Crippen molar-refractivity contribution < 1.29 is 28.8 Å². The van der Waals surface area contributed by atoms with Crippen LogP contribution in [0.5, 0.6) is 0 Å². The molecule has 3 heterocycles. The third-order valence-electron chi connectivity index (χ3n) is 4.62. The van der Waals surface area contributed by atoms with Gasteiger partial charge in [0.25, 0.3) is 5.69 Å². The van der Waals surface area contributed by atoms with Gasteiger partial charge in [-0.3, -0.25) is 24.5 Å². The van der Waals surface area contributed by atoms with Crippen molar-refractivity contribution in [3.63, 3.8) is 0 Å². The van der Waals surface area contributed by atoms with Gasteiger partial charge in [0, 0.05) is 6.07 Å². The second kappa shape index (κ2) is 6.54. The average molecular weight is 361 g/mol. The van der Waals surface area contributed by atoms with Crippen molar-refractivity contribution in [3.8, 4) is 0 Å². The number of carbonyl (C=O) groups excluding carboxylic acids is 3. The van der Waals surface area contributed by atoms with Crippen molar-refractivity contribution in [2.75, 3.05) is 19.1 Å². The van der Waals surface area contributed by atoms with Gasteiger partial charge in [0.05, 0.1) is 31.1 Å². The zero-order valence-corrected chi connectivity index (χ0v) is 13.9. The molecule has 2 bridgehead atoms. The van der Waals surface area contributed by atoms with Crippen LogP contribution in [0.3, 0.4) is 0 Å². The summed E-state index contributed by atoms with van der Waals surface area (Å²) in [5.74, 6) is -3.54. The lowest BCUT2D eigenvalue weighted by Crippen LogP contribution is -2.46. The highest BCUT2D eigenvalue weighted by Gasteiger charge is 2.59. The molecule has 26 heavy (non-hydrogen) atoms. The van der Waals surface area contributed by atoms with E-state index in [9.17, 15) is 24.5 Å². The number of ketones is 1.